The van der Waals surface area contributed by atoms with E-state index >= 15 is 4.79 Å². The van der Waals surface area contributed by atoms with E-state index < -0.39 is 125 Å². The lowest BCUT2D eigenvalue weighted by Gasteiger charge is -2.67. The third kappa shape index (κ3) is 8.02. The summed E-state index contributed by atoms with van der Waals surface area (Å²) in [6.07, 6.45) is -10.7. The monoisotopic (exact) mass is 869 g/mol. The number of methoxy groups -OCH3 is 1. The maximum absolute atomic E-state index is 15.4. The molecule has 0 spiro atoms. The molecule has 2 heterocycles. The van der Waals surface area contributed by atoms with Crippen LogP contribution in [-0.2, 0) is 52.3 Å². The Morgan fingerprint density at radius 2 is 1.68 bits per heavy atom. The van der Waals surface area contributed by atoms with Gasteiger partial charge in [-0.2, -0.15) is 0 Å². The van der Waals surface area contributed by atoms with Crippen LogP contribution in [-0.4, -0.2) is 125 Å². The molecule has 18 nitrogen and oxygen atoms in total. The van der Waals surface area contributed by atoms with Crippen molar-refractivity contribution in [3.05, 3.63) is 71.2 Å². The standard InChI is InChI=1S/C44H55NO17/c1-22-26(58-38(52)33(49)31(25-16-13-17-56-25)45-39(53)62-40(3,4)5)19-44(54)36(60-37(51)24-14-11-10-12-15-24)34-42(8,35(50)32(48)30(22)41(44,6)7)27(59-29(47)20-55-9)18-28-43(34,21-57-28)61-23(2)46/h10-17,26-28,31-34,36,48-49,54H,18-21H2,1-9H3,(H,45,53)/t26-,27-,28+,31-,32+,33+,34?,36?,42+,43-,44+/m0/s1. The summed E-state index contributed by atoms with van der Waals surface area (Å²) in [5, 5.41) is 40.0. The lowest BCUT2D eigenvalue weighted by molar-refractivity contribution is -0.346. The molecule has 6 rings (SSSR count). The number of amides is 1. The molecule has 11 atom stereocenters. The number of Topliss-reactive ketones (excluding diaryl/α,β-unsaturated/α-hetero) is 1. The molecule has 3 fully saturated rings. The fourth-order valence-corrected chi connectivity index (χ4v) is 9.79. The molecule has 3 aliphatic carbocycles. The maximum atomic E-state index is 15.4. The summed E-state index contributed by atoms with van der Waals surface area (Å²) >= 11 is 0. The van der Waals surface area contributed by atoms with E-state index in [1.165, 1.54) is 65.3 Å². The number of carbonyl (C=O) groups is 6. The van der Waals surface area contributed by atoms with E-state index in [-0.39, 0.29) is 35.5 Å². The third-order valence-corrected chi connectivity index (χ3v) is 12.8. The van der Waals surface area contributed by atoms with Gasteiger partial charge in [-0.3, -0.25) is 9.59 Å². The lowest BCUT2D eigenvalue weighted by atomic mass is 9.44. The third-order valence-electron chi connectivity index (χ3n) is 12.8. The second kappa shape index (κ2) is 16.9. The number of nitrogens with one attached hydrogen (secondary N) is 1. The molecule has 4 aliphatic rings. The molecule has 2 aromatic rings. The number of esters is 4. The van der Waals surface area contributed by atoms with Gasteiger partial charge in [0.25, 0.3) is 0 Å². The number of alkyl carbamates (subject to hydrolysis) is 1. The minimum Gasteiger partial charge on any atom is -0.467 e. The zero-order valence-electron chi connectivity index (χ0n) is 36.1. The van der Waals surface area contributed by atoms with E-state index in [1.807, 2.05) is 0 Å². The van der Waals surface area contributed by atoms with Crippen LogP contribution in [0.25, 0.3) is 0 Å². The van der Waals surface area contributed by atoms with Crippen LogP contribution in [0, 0.1) is 16.7 Å². The van der Waals surface area contributed by atoms with Gasteiger partial charge in [0.1, 0.15) is 60.1 Å². The van der Waals surface area contributed by atoms with Crippen molar-refractivity contribution in [1.82, 2.24) is 5.32 Å². The number of carbonyl (C=O) groups excluding carboxylic acids is 6. The number of furan rings is 1. The number of aliphatic hydroxyl groups is 3. The fourth-order valence-electron chi connectivity index (χ4n) is 9.79. The van der Waals surface area contributed by atoms with Crippen molar-refractivity contribution in [2.75, 3.05) is 20.3 Å². The van der Waals surface area contributed by atoms with E-state index in [0.717, 1.165) is 6.92 Å². The number of hydrogen-bond donors (Lipinski definition) is 4. The largest absolute Gasteiger partial charge is 0.467 e. The summed E-state index contributed by atoms with van der Waals surface area (Å²) in [5.41, 5.74) is -8.96. The van der Waals surface area contributed by atoms with E-state index in [0.29, 0.717) is 0 Å². The Bertz CT molecular complexity index is 2090. The molecule has 62 heavy (non-hydrogen) atoms. The van der Waals surface area contributed by atoms with Crippen molar-refractivity contribution in [3.63, 3.8) is 0 Å². The first kappa shape index (κ1) is 46.4. The average molecular weight is 870 g/mol. The highest BCUT2D eigenvalue weighted by atomic mass is 16.6. The molecule has 2 unspecified atom stereocenters. The Hall–Kier alpha value is -5.14. The Morgan fingerprint density at radius 1 is 1.00 bits per heavy atom. The number of ether oxygens (including phenoxy) is 7. The lowest BCUT2D eigenvalue weighted by Crippen LogP contribution is -2.82. The summed E-state index contributed by atoms with van der Waals surface area (Å²) in [6.45, 7) is 11.0. The van der Waals surface area contributed by atoms with Crippen molar-refractivity contribution < 1.29 is 81.7 Å². The van der Waals surface area contributed by atoms with Crippen molar-refractivity contribution in [3.8, 4) is 0 Å². The molecule has 2 saturated carbocycles. The zero-order chi connectivity index (χ0) is 45.7. The topological polar surface area (TPSA) is 253 Å². The Morgan fingerprint density at radius 3 is 2.24 bits per heavy atom. The molecule has 1 amide bonds. The van der Waals surface area contributed by atoms with Crippen LogP contribution < -0.4 is 5.32 Å². The summed E-state index contributed by atoms with van der Waals surface area (Å²) in [4.78, 5) is 82.8. The Balaban J connectivity index is 1.52. The van der Waals surface area contributed by atoms with Crippen LogP contribution >= 0.6 is 0 Å². The summed E-state index contributed by atoms with van der Waals surface area (Å²) < 4.78 is 46.1. The maximum Gasteiger partial charge on any atom is 0.408 e. The highest BCUT2D eigenvalue weighted by Crippen LogP contribution is 2.64. The average Bonchev–Trinajstić information content (AvgIpc) is 3.72. The highest BCUT2D eigenvalue weighted by molar-refractivity contribution is 5.94. The van der Waals surface area contributed by atoms with Crippen LogP contribution in [0.5, 0.6) is 0 Å². The van der Waals surface area contributed by atoms with Gasteiger partial charge in [-0.15, -0.1) is 0 Å². The summed E-state index contributed by atoms with van der Waals surface area (Å²) in [5.74, 6) is -6.57. The van der Waals surface area contributed by atoms with Gasteiger partial charge in [-0.05, 0) is 70.0 Å². The van der Waals surface area contributed by atoms with E-state index in [4.69, 9.17) is 37.6 Å². The van der Waals surface area contributed by atoms with Gasteiger partial charge in [0.2, 0.25) is 0 Å². The molecule has 18 heteroatoms. The van der Waals surface area contributed by atoms with E-state index in [1.54, 1.807) is 39.0 Å². The summed E-state index contributed by atoms with van der Waals surface area (Å²) in [7, 11) is 1.27. The number of rotatable bonds is 11. The van der Waals surface area contributed by atoms with Gasteiger partial charge in [0.15, 0.2) is 17.5 Å². The van der Waals surface area contributed by atoms with Crippen LogP contribution in [0.3, 0.4) is 0 Å². The fraction of sp³-hybridized carbons (Fsp3) is 0.591. The number of hydrogen-bond acceptors (Lipinski definition) is 17. The highest BCUT2D eigenvalue weighted by Gasteiger charge is 2.78. The first-order valence-corrected chi connectivity index (χ1v) is 20.3. The predicted octanol–water partition coefficient (Wildman–Crippen LogP) is 3.05. The number of ketones is 1. The van der Waals surface area contributed by atoms with Crippen molar-refractivity contribution in [1.29, 1.82) is 0 Å². The van der Waals surface area contributed by atoms with Gasteiger partial charge in [-0.25, -0.2) is 19.2 Å². The molecule has 1 aliphatic heterocycles. The normalized spacial score (nSPS) is 32.2. The van der Waals surface area contributed by atoms with Crippen molar-refractivity contribution in [2.24, 2.45) is 16.7 Å². The van der Waals surface area contributed by atoms with Crippen LogP contribution in [0.1, 0.15) is 90.4 Å². The molecule has 1 aromatic carbocycles. The van der Waals surface area contributed by atoms with Crippen molar-refractivity contribution in [2.45, 2.75) is 128 Å². The molecule has 1 saturated heterocycles. The minimum absolute atomic E-state index is 0.0387. The second-order valence-corrected chi connectivity index (χ2v) is 18.1. The Labute approximate surface area is 358 Å². The van der Waals surface area contributed by atoms with Crippen molar-refractivity contribution >= 4 is 35.8 Å². The summed E-state index contributed by atoms with van der Waals surface area (Å²) in [6, 6.07) is 9.09. The van der Waals surface area contributed by atoms with Gasteiger partial charge < -0.3 is 58.2 Å². The predicted molar refractivity (Wildman–Crippen MR) is 212 cm³/mol. The van der Waals surface area contributed by atoms with Gasteiger partial charge in [0, 0.05) is 32.3 Å². The van der Waals surface area contributed by atoms with Gasteiger partial charge >= 0.3 is 30.0 Å². The molecular formula is C44H55NO17. The zero-order valence-corrected chi connectivity index (χ0v) is 36.1. The molecular weight excluding hydrogens is 814 g/mol. The Kier molecular flexibility index (Phi) is 12.6. The first-order chi connectivity index (χ1) is 28.9. The molecule has 2 bridgehead atoms. The van der Waals surface area contributed by atoms with Crippen LogP contribution in [0.2, 0.25) is 0 Å². The molecule has 338 valence electrons. The molecule has 0 radical (unpaired) electrons. The van der Waals surface area contributed by atoms with Crippen LogP contribution in [0.4, 0.5) is 4.79 Å². The minimum atomic E-state index is -2.43. The molecule has 1 aromatic heterocycles. The molecule has 4 N–H and O–H groups in total. The number of benzene rings is 1. The van der Waals surface area contributed by atoms with Gasteiger partial charge in [0.05, 0.1) is 29.8 Å². The first-order valence-electron chi connectivity index (χ1n) is 20.3. The SMILES string of the molecule is COCC(=O)O[C@H]1C[C@H]2OC[C@@]2(OC(C)=O)C2C(OC(=O)c3ccccc3)[C@]3(O)C[C@H](OC(=O)[C@H](O)[C@@H](NC(=O)OC(C)(C)C)c4ccco4)C(C)=C([C@@H](O)C(=O)[C@@]21C)C3(C)C. The smallest absolute Gasteiger partial charge is 0.408 e. The van der Waals surface area contributed by atoms with Crippen LogP contribution in [0.15, 0.2) is 64.3 Å². The number of aliphatic hydroxyl groups excluding tert-OH is 2. The second-order valence-electron chi connectivity index (χ2n) is 18.1. The number of fused-ring (bicyclic) bond motifs is 5. The van der Waals surface area contributed by atoms with E-state index in [2.05, 4.69) is 5.32 Å². The van der Waals surface area contributed by atoms with Gasteiger partial charge in [-0.1, -0.05) is 32.0 Å². The van der Waals surface area contributed by atoms with E-state index in [9.17, 15) is 39.3 Å². The quantitative estimate of drug-likeness (QED) is 0.144.